The Kier molecular flexibility index (Phi) is 4.91. The summed E-state index contributed by atoms with van der Waals surface area (Å²) in [5.74, 6) is -0.0639. The summed E-state index contributed by atoms with van der Waals surface area (Å²) in [6, 6.07) is 1.21. The lowest BCUT2D eigenvalue weighted by Crippen LogP contribution is -2.49. The number of thiophene rings is 1. The fourth-order valence-corrected chi connectivity index (χ4v) is 4.89. The number of sulfone groups is 1. The summed E-state index contributed by atoms with van der Waals surface area (Å²) < 4.78 is 25.8. The van der Waals surface area contributed by atoms with Gasteiger partial charge in [-0.1, -0.05) is 0 Å². The van der Waals surface area contributed by atoms with Crippen molar-refractivity contribution in [1.29, 1.82) is 0 Å². The molecule has 0 aromatic carbocycles. The lowest BCUT2D eigenvalue weighted by molar-refractivity contribution is 0.180. The number of nitrogens with zero attached hydrogens (tertiary/aromatic N) is 3. The predicted molar refractivity (Wildman–Crippen MR) is 92.6 cm³/mol. The highest BCUT2D eigenvalue weighted by molar-refractivity contribution is 7.91. The molecule has 2 amide bonds. The molecule has 3 heterocycles. The van der Waals surface area contributed by atoms with Crippen molar-refractivity contribution in [1.82, 2.24) is 20.0 Å². The van der Waals surface area contributed by atoms with Crippen LogP contribution < -0.4 is 5.32 Å². The summed E-state index contributed by atoms with van der Waals surface area (Å²) in [4.78, 5) is 14.2. The third-order valence-electron chi connectivity index (χ3n) is 4.08. The number of hydrogen-bond donors (Lipinski definition) is 1. The molecule has 2 aromatic heterocycles. The Morgan fingerprint density at radius 1 is 1.50 bits per heavy atom. The van der Waals surface area contributed by atoms with E-state index >= 15 is 0 Å². The summed E-state index contributed by atoms with van der Waals surface area (Å²) in [6.45, 7) is 3.29. The molecule has 0 radical (unpaired) electrons. The Morgan fingerprint density at radius 2 is 2.33 bits per heavy atom. The van der Waals surface area contributed by atoms with Crippen molar-refractivity contribution < 1.29 is 13.2 Å². The minimum absolute atomic E-state index is 0.00269. The first-order valence-electron chi connectivity index (χ1n) is 7.77. The van der Waals surface area contributed by atoms with Crippen LogP contribution in [0.1, 0.15) is 24.1 Å². The first kappa shape index (κ1) is 17.0. The summed E-state index contributed by atoms with van der Waals surface area (Å²) in [5.41, 5.74) is 1.79. The van der Waals surface area contributed by atoms with E-state index in [9.17, 15) is 13.2 Å². The average Bonchev–Trinajstić information content (AvgIpc) is 3.23. The van der Waals surface area contributed by atoms with Crippen molar-refractivity contribution in [3.8, 4) is 0 Å². The number of aryl methyl sites for hydroxylation is 1. The summed E-state index contributed by atoms with van der Waals surface area (Å²) in [7, 11) is -3.16. The maximum absolute atomic E-state index is 12.6. The van der Waals surface area contributed by atoms with Crippen LogP contribution in [0.15, 0.2) is 29.2 Å². The van der Waals surface area contributed by atoms with E-state index in [0.717, 1.165) is 11.1 Å². The van der Waals surface area contributed by atoms with E-state index in [4.69, 9.17) is 0 Å². The Hall–Kier alpha value is -1.87. The lowest BCUT2D eigenvalue weighted by Gasteiger charge is -2.34. The summed E-state index contributed by atoms with van der Waals surface area (Å²) >= 11 is 1.57. The first-order chi connectivity index (χ1) is 11.5. The van der Waals surface area contributed by atoms with Crippen molar-refractivity contribution in [2.75, 3.05) is 18.1 Å². The molecule has 0 unspecified atom stereocenters. The molecule has 0 bridgehead atoms. The quantitative estimate of drug-likeness (QED) is 0.889. The van der Waals surface area contributed by atoms with Crippen molar-refractivity contribution in [3.63, 3.8) is 0 Å². The van der Waals surface area contributed by atoms with E-state index in [1.807, 2.05) is 29.9 Å². The van der Waals surface area contributed by atoms with Gasteiger partial charge in [0.05, 0.1) is 23.7 Å². The van der Waals surface area contributed by atoms with E-state index in [2.05, 4.69) is 10.4 Å². The second-order valence-corrected chi connectivity index (χ2v) is 8.75. The standard InChI is InChI=1S/C15H20N4O3S2/c1-2-18-9-13(8-17-18)14-11-24(21,22)6-4-19(14)15(20)16-7-12-3-5-23-10-12/h3,5,8-10,14H,2,4,6-7,11H2,1H3,(H,16,20)/t14-/m1/s1. The second kappa shape index (κ2) is 6.94. The van der Waals surface area contributed by atoms with Gasteiger partial charge in [0.1, 0.15) is 0 Å². The highest BCUT2D eigenvalue weighted by Crippen LogP contribution is 2.26. The van der Waals surface area contributed by atoms with Gasteiger partial charge in [0.25, 0.3) is 0 Å². The van der Waals surface area contributed by atoms with Crippen LogP contribution in [0.3, 0.4) is 0 Å². The topological polar surface area (TPSA) is 84.3 Å². The maximum Gasteiger partial charge on any atom is 0.318 e. The highest BCUT2D eigenvalue weighted by atomic mass is 32.2. The molecule has 24 heavy (non-hydrogen) atoms. The molecule has 1 aliphatic heterocycles. The van der Waals surface area contributed by atoms with Gasteiger partial charge >= 0.3 is 6.03 Å². The predicted octanol–water partition coefficient (Wildman–Crippen LogP) is 1.65. The van der Waals surface area contributed by atoms with Crippen LogP contribution in [0.5, 0.6) is 0 Å². The van der Waals surface area contributed by atoms with Gasteiger partial charge in [0.2, 0.25) is 0 Å². The monoisotopic (exact) mass is 368 g/mol. The number of aromatic nitrogens is 2. The molecular weight excluding hydrogens is 348 g/mol. The van der Waals surface area contributed by atoms with Crippen molar-refractivity contribution in [2.24, 2.45) is 0 Å². The fraction of sp³-hybridized carbons (Fsp3) is 0.467. The molecule has 0 saturated carbocycles. The zero-order valence-electron chi connectivity index (χ0n) is 13.4. The van der Waals surface area contributed by atoms with Crippen LogP contribution in [0.2, 0.25) is 0 Å². The highest BCUT2D eigenvalue weighted by Gasteiger charge is 2.35. The normalized spacial score (nSPS) is 20.0. The molecule has 9 heteroatoms. The average molecular weight is 368 g/mol. The van der Waals surface area contributed by atoms with Gasteiger partial charge in [0, 0.05) is 31.4 Å². The van der Waals surface area contributed by atoms with Crippen LogP contribution in [-0.4, -0.2) is 47.2 Å². The molecule has 1 aliphatic rings. The van der Waals surface area contributed by atoms with Gasteiger partial charge in [-0.05, 0) is 29.3 Å². The third kappa shape index (κ3) is 3.78. The number of carbonyl (C=O) groups is 1. The van der Waals surface area contributed by atoms with Crippen molar-refractivity contribution >= 4 is 27.2 Å². The number of amides is 2. The zero-order chi connectivity index (χ0) is 17.2. The van der Waals surface area contributed by atoms with Gasteiger partial charge in [-0.3, -0.25) is 4.68 Å². The minimum atomic E-state index is -3.16. The largest absolute Gasteiger partial charge is 0.334 e. The second-order valence-electron chi connectivity index (χ2n) is 5.74. The number of rotatable bonds is 4. The smallest absolute Gasteiger partial charge is 0.318 e. The number of urea groups is 1. The Labute approximate surface area is 145 Å². The lowest BCUT2D eigenvalue weighted by atomic mass is 10.1. The van der Waals surface area contributed by atoms with Crippen LogP contribution in [-0.2, 0) is 22.9 Å². The molecule has 1 atom stereocenters. The SMILES string of the molecule is CCn1cc([C@H]2CS(=O)(=O)CCN2C(=O)NCc2ccsc2)cn1. The molecule has 0 aliphatic carbocycles. The summed E-state index contributed by atoms with van der Waals surface area (Å²) in [6.07, 6.45) is 3.46. The molecule has 1 fully saturated rings. The minimum Gasteiger partial charge on any atom is -0.334 e. The number of carbonyl (C=O) groups excluding carboxylic acids is 1. The van der Waals surface area contributed by atoms with Crippen LogP contribution in [0.25, 0.3) is 0 Å². The Morgan fingerprint density at radius 3 is 3.00 bits per heavy atom. The molecule has 7 nitrogen and oxygen atoms in total. The van der Waals surface area contributed by atoms with Crippen molar-refractivity contribution in [3.05, 3.63) is 40.3 Å². The molecule has 3 rings (SSSR count). The fourth-order valence-electron chi connectivity index (χ4n) is 2.72. The van der Waals surface area contributed by atoms with E-state index in [1.54, 1.807) is 27.1 Å². The Balaban J connectivity index is 1.76. The van der Waals surface area contributed by atoms with E-state index < -0.39 is 15.9 Å². The number of nitrogens with one attached hydrogen (secondary N) is 1. The van der Waals surface area contributed by atoms with E-state index in [1.165, 1.54) is 0 Å². The molecule has 1 saturated heterocycles. The molecular formula is C15H20N4O3S2. The van der Waals surface area contributed by atoms with Gasteiger partial charge in [-0.2, -0.15) is 16.4 Å². The molecule has 2 aromatic rings. The maximum atomic E-state index is 12.6. The first-order valence-corrected chi connectivity index (χ1v) is 10.5. The van der Waals surface area contributed by atoms with Crippen LogP contribution >= 0.6 is 11.3 Å². The van der Waals surface area contributed by atoms with Gasteiger partial charge < -0.3 is 10.2 Å². The van der Waals surface area contributed by atoms with Gasteiger partial charge in [-0.25, -0.2) is 13.2 Å². The van der Waals surface area contributed by atoms with E-state index in [0.29, 0.717) is 13.1 Å². The van der Waals surface area contributed by atoms with Gasteiger partial charge in [0.15, 0.2) is 9.84 Å². The molecule has 130 valence electrons. The number of hydrogen-bond acceptors (Lipinski definition) is 5. The zero-order valence-corrected chi connectivity index (χ0v) is 15.0. The van der Waals surface area contributed by atoms with E-state index in [-0.39, 0.29) is 24.1 Å². The summed E-state index contributed by atoms with van der Waals surface area (Å²) in [5, 5.41) is 11.0. The van der Waals surface area contributed by atoms with Gasteiger partial charge in [-0.15, -0.1) is 0 Å². The molecule has 0 spiro atoms. The van der Waals surface area contributed by atoms with Crippen LogP contribution in [0, 0.1) is 0 Å². The van der Waals surface area contributed by atoms with Crippen LogP contribution in [0.4, 0.5) is 4.79 Å². The Bertz CT molecular complexity index is 799. The third-order valence-corrected chi connectivity index (χ3v) is 6.44. The van der Waals surface area contributed by atoms with Crippen molar-refractivity contribution in [2.45, 2.75) is 26.1 Å². The molecule has 1 N–H and O–H groups in total.